The van der Waals surface area contributed by atoms with E-state index in [1.807, 2.05) is 12.1 Å². The van der Waals surface area contributed by atoms with Crippen LogP contribution in [-0.2, 0) is 9.59 Å². The van der Waals surface area contributed by atoms with Gasteiger partial charge >= 0.3 is 5.97 Å². The number of rotatable bonds is 10. The minimum atomic E-state index is -0.764. The van der Waals surface area contributed by atoms with E-state index in [1.54, 1.807) is 6.07 Å². The van der Waals surface area contributed by atoms with Crippen molar-refractivity contribution in [1.29, 1.82) is 0 Å². The Morgan fingerprint density at radius 1 is 0.946 bits per heavy atom. The number of carboxylic acid groups (broad SMARTS) is 1. The second-order valence-electron chi connectivity index (χ2n) is 12.7. The van der Waals surface area contributed by atoms with Gasteiger partial charge in [0.15, 0.2) is 0 Å². The van der Waals surface area contributed by atoms with E-state index in [9.17, 15) is 19.8 Å². The number of amides is 1. The third-order valence-corrected chi connectivity index (χ3v) is 10.1. The molecular formula is C31H46N2O4. The molecule has 2 saturated carbocycles. The number of nitrogens with zero attached hydrogens (tertiary/aromatic N) is 2. The predicted octanol–water partition coefficient (Wildman–Crippen LogP) is 5.94. The highest BCUT2D eigenvalue weighted by Gasteiger charge is 2.42. The molecule has 1 aromatic carbocycles. The summed E-state index contributed by atoms with van der Waals surface area (Å²) in [6, 6.07) is 8.88. The second-order valence-corrected chi connectivity index (χ2v) is 12.7. The lowest BCUT2D eigenvalue weighted by Crippen LogP contribution is -2.48. The molecule has 204 valence electrons. The number of phenols is 1. The summed E-state index contributed by atoms with van der Waals surface area (Å²) in [6.07, 6.45) is 15.3. The summed E-state index contributed by atoms with van der Waals surface area (Å²) in [5.41, 5.74) is 0.915. The van der Waals surface area contributed by atoms with Crippen molar-refractivity contribution in [3.8, 4) is 5.75 Å². The Morgan fingerprint density at radius 2 is 1.65 bits per heavy atom. The largest absolute Gasteiger partial charge is 0.508 e. The number of benzene rings is 1. The van der Waals surface area contributed by atoms with E-state index in [4.69, 9.17) is 0 Å². The molecule has 6 heteroatoms. The van der Waals surface area contributed by atoms with Crippen molar-refractivity contribution in [1.82, 2.24) is 9.80 Å². The van der Waals surface area contributed by atoms with Gasteiger partial charge in [0, 0.05) is 38.1 Å². The van der Waals surface area contributed by atoms with Crippen LogP contribution in [0, 0.1) is 11.3 Å². The van der Waals surface area contributed by atoms with Crippen LogP contribution in [0.5, 0.6) is 5.75 Å². The van der Waals surface area contributed by atoms with Gasteiger partial charge in [-0.1, -0.05) is 44.2 Å². The first-order chi connectivity index (χ1) is 17.9. The molecular weight excluding hydrogens is 464 g/mol. The number of fused-ring (bicyclic) bond motifs is 2. The summed E-state index contributed by atoms with van der Waals surface area (Å²) < 4.78 is 0. The van der Waals surface area contributed by atoms with Gasteiger partial charge in [-0.3, -0.25) is 14.5 Å². The average Bonchev–Trinajstić information content (AvgIpc) is 3.41. The van der Waals surface area contributed by atoms with Crippen LogP contribution < -0.4 is 0 Å². The maximum Gasteiger partial charge on any atom is 0.303 e. The van der Waals surface area contributed by atoms with E-state index in [2.05, 4.69) is 15.9 Å². The highest BCUT2D eigenvalue weighted by Crippen LogP contribution is 2.45. The molecule has 0 radical (unpaired) electrons. The molecule has 5 rings (SSSR count). The molecule has 6 nitrogen and oxygen atoms in total. The Labute approximate surface area is 222 Å². The van der Waals surface area contributed by atoms with E-state index < -0.39 is 5.97 Å². The van der Waals surface area contributed by atoms with E-state index >= 15 is 0 Å². The van der Waals surface area contributed by atoms with Crippen LogP contribution >= 0.6 is 0 Å². The standard InChI is InChI=1S/C31H46N2O4/c34-28-10-6-9-24(19-28)25-17-26-11-12-27(18-25)33(26)16-15-32(22-23-7-2-1-3-8-23)29(35)20-31(21-30(36)37)13-4-5-14-31/h6,9-10,19,23,25-27,34H,1-5,7-8,11-18,20-22H2,(H,36,37)/t25?,26-,27+. The summed E-state index contributed by atoms with van der Waals surface area (Å²) in [7, 11) is 0. The first-order valence-electron chi connectivity index (χ1n) is 14.9. The molecule has 1 aromatic rings. The fourth-order valence-electron chi connectivity index (χ4n) is 8.22. The zero-order chi connectivity index (χ0) is 25.8. The van der Waals surface area contributed by atoms with Gasteiger partial charge < -0.3 is 15.1 Å². The number of carbonyl (C=O) groups excluding carboxylic acids is 1. The smallest absolute Gasteiger partial charge is 0.303 e. The fourth-order valence-corrected chi connectivity index (χ4v) is 8.22. The zero-order valence-electron chi connectivity index (χ0n) is 22.5. The third kappa shape index (κ3) is 6.50. The van der Waals surface area contributed by atoms with Crippen molar-refractivity contribution >= 4 is 11.9 Å². The number of hydrogen-bond acceptors (Lipinski definition) is 4. The number of hydrogen-bond donors (Lipinski definition) is 2. The number of phenolic OH excluding ortho intramolecular Hbond substituents is 1. The molecule has 2 saturated heterocycles. The summed E-state index contributed by atoms with van der Waals surface area (Å²) in [4.78, 5) is 30.2. The number of aromatic hydroxyl groups is 1. The van der Waals surface area contributed by atoms with E-state index in [0.717, 1.165) is 58.2 Å². The van der Waals surface area contributed by atoms with Crippen molar-refractivity contribution in [2.24, 2.45) is 11.3 Å². The lowest BCUT2D eigenvalue weighted by Gasteiger charge is -2.41. The van der Waals surface area contributed by atoms with E-state index in [1.165, 1.54) is 50.5 Å². The highest BCUT2D eigenvalue weighted by atomic mass is 16.4. The van der Waals surface area contributed by atoms with Gasteiger partial charge in [0.05, 0.1) is 6.42 Å². The Kier molecular flexibility index (Phi) is 8.43. The number of carbonyl (C=O) groups is 2. The molecule has 4 aliphatic rings. The normalized spacial score (nSPS) is 27.8. The quantitative estimate of drug-likeness (QED) is 0.407. The molecule has 3 atom stereocenters. The van der Waals surface area contributed by atoms with Crippen LogP contribution in [0.1, 0.15) is 108 Å². The second kappa shape index (κ2) is 11.8. The molecule has 2 bridgehead atoms. The lowest BCUT2D eigenvalue weighted by molar-refractivity contribution is -0.141. The third-order valence-electron chi connectivity index (χ3n) is 10.1. The van der Waals surface area contributed by atoms with Gasteiger partial charge in [0.2, 0.25) is 5.91 Å². The van der Waals surface area contributed by atoms with Gasteiger partial charge in [-0.2, -0.15) is 0 Å². The molecule has 2 heterocycles. The summed E-state index contributed by atoms with van der Waals surface area (Å²) >= 11 is 0. The van der Waals surface area contributed by atoms with Gasteiger partial charge in [-0.15, -0.1) is 0 Å². The van der Waals surface area contributed by atoms with Crippen LogP contribution in [0.4, 0.5) is 0 Å². The summed E-state index contributed by atoms with van der Waals surface area (Å²) in [5, 5.41) is 19.5. The van der Waals surface area contributed by atoms with Gasteiger partial charge in [-0.25, -0.2) is 0 Å². The topological polar surface area (TPSA) is 81.1 Å². The molecule has 0 spiro atoms. The van der Waals surface area contributed by atoms with Crippen LogP contribution in [0.3, 0.4) is 0 Å². The first kappa shape index (κ1) is 26.5. The molecule has 2 aliphatic heterocycles. The number of piperidine rings is 1. The molecule has 1 amide bonds. The maximum atomic E-state index is 13.8. The van der Waals surface area contributed by atoms with Crippen LogP contribution in [0.2, 0.25) is 0 Å². The minimum absolute atomic E-state index is 0.128. The average molecular weight is 511 g/mol. The summed E-state index contributed by atoms with van der Waals surface area (Å²) in [6.45, 7) is 2.53. The number of carboxylic acids is 1. The predicted molar refractivity (Wildman–Crippen MR) is 145 cm³/mol. The molecule has 37 heavy (non-hydrogen) atoms. The van der Waals surface area contributed by atoms with Gasteiger partial charge in [-0.05, 0) is 86.3 Å². The van der Waals surface area contributed by atoms with Crippen molar-refractivity contribution < 1.29 is 19.8 Å². The van der Waals surface area contributed by atoms with E-state index in [0.29, 0.717) is 36.1 Å². The number of aliphatic carboxylic acids is 1. The lowest BCUT2D eigenvalue weighted by atomic mass is 9.79. The van der Waals surface area contributed by atoms with Crippen LogP contribution in [0.15, 0.2) is 24.3 Å². The Morgan fingerprint density at radius 3 is 2.30 bits per heavy atom. The van der Waals surface area contributed by atoms with E-state index in [-0.39, 0.29) is 17.7 Å². The van der Waals surface area contributed by atoms with Crippen molar-refractivity contribution in [2.45, 2.75) is 114 Å². The molecule has 2 N–H and O–H groups in total. The Balaban J connectivity index is 1.24. The maximum absolute atomic E-state index is 13.8. The van der Waals surface area contributed by atoms with Gasteiger partial charge in [0.25, 0.3) is 0 Å². The van der Waals surface area contributed by atoms with Crippen molar-refractivity contribution in [3.63, 3.8) is 0 Å². The first-order valence-corrected chi connectivity index (χ1v) is 14.9. The van der Waals surface area contributed by atoms with Crippen molar-refractivity contribution in [3.05, 3.63) is 29.8 Å². The molecule has 1 unspecified atom stereocenters. The summed E-state index contributed by atoms with van der Waals surface area (Å²) in [5.74, 6) is 0.867. The van der Waals surface area contributed by atoms with Gasteiger partial charge in [0.1, 0.15) is 5.75 Å². The highest BCUT2D eigenvalue weighted by molar-refractivity contribution is 5.78. The zero-order valence-corrected chi connectivity index (χ0v) is 22.5. The molecule has 0 aromatic heterocycles. The SMILES string of the molecule is O=C(O)CC1(CC(=O)N(CCN2[C@@H]3CC[C@H]2CC(c2cccc(O)c2)C3)CC2CCCCC2)CCCC1. The monoisotopic (exact) mass is 510 g/mol. The Bertz CT molecular complexity index is 923. The van der Waals surface area contributed by atoms with Crippen LogP contribution in [0.25, 0.3) is 0 Å². The minimum Gasteiger partial charge on any atom is -0.508 e. The van der Waals surface area contributed by atoms with Crippen molar-refractivity contribution in [2.75, 3.05) is 19.6 Å². The van der Waals surface area contributed by atoms with Crippen LogP contribution in [-0.4, -0.2) is 63.6 Å². The fraction of sp³-hybridized carbons (Fsp3) is 0.742. The Hall–Kier alpha value is -2.08. The molecule has 2 aliphatic carbocycles. The molecule has 4 fully saturated rings.